The van der Waals surface area contributed by atoms with Crippen LogP contribution in [-0.4, -0.2) is 12.1 Å². The van der Waals surface area contributed by atoms with Crippen molar-refractivity contribution >= 4 is 85.5 Å². The van der Waals surface area contributed by atoms with Gasteiger partial charge in [-0.15, -0.1) is 0 Å². The number of aromatic amines is 1. The van der Waals surface area contributed by atoms with Gasteiger partial charge in [-0.2, -0.15) is 0 Å². The van der Waals surface area contributed by atoms with Crippen LogP contribution in [0.25, 0.3) is 21.8 Å². The van der Waals surface area contributed by atoms with Crippen molar-refractivity contribution in [1.82, 2.24) is 4.98 Å². The Bertz CT molecular complexity index is 810. The molecule has 3 rings (SSSR count). The van der Waals surface area contributed by atoms with Gasteiger partial charge in [0.05, 0.1) is 18.1 Å². The number of nitrogens with one attached hydrogen (secondary N) is 1. The summed E-state index contributed by atoms with van der Waals surface area (Å²) in [6.07, 6.45) is 0. The predicted octanol–water partition coefficient (Wildman–Crippen LogP) is 6.38. The highest BCUT2D eigenvalue weighted by Crippen LogP contribution is 2.43. The molecule has 0 atom stereocenters. The maximum Gasteiger partial charge on any atom is 0.144 e. The Hall–Kier alpha value is -0.0400. The van der Waals surface area contributed by atoms with Gasteiger partial charge in [0.15, 0.2) is 0 Å². The summed E-state index contributed by atoms with van der Waals surface area (Å²) in [6.45, 7) is 0. The number of methoxy groups -OCH3 is 1. The van der Waals surface area contributed by atoms with E-state index in [2.05, 4.69) is 74.8 Å². The molecule has 1 N–H and O–H groups in total. The lowest BCUT2D eigenvalue weighted by Crippen LogP contribution is -1.85. The lowest BCUT2D eigenvalue weighted by atomic mass is 10.1. The van der Waals surface area contributed by atoms with Crippen LogP contribution >= 0.6 is 63.7 Å². The Labute approximate surface area is 143 Å². The Kier molecular flexibility index (Phi) is 3.71. The molecule has 98 valence electrons. The van der Waals surface area contributed by atoms with Gasteiger partial charge < -0.3 is 9.72 Å². The molecule has 3 aromatic rings. The van der Waals surface area contributed by atoms with Crippen molar-refractivity contribution in [3.8, 4) is 5.75 Å². The molecule has 2 nitrogen and oxygen atoms in total. The predicted molar refractivity (Wildman–Crippen MR) is 93.2 cm³/mol. The van der Waals surface area contributed by atoms with E-state index in [1.54, 1.807) is 7.11 Å². The van der Waals surface area contributed by atoms with Crippen LogP contribution in [0, 0.1) is 0 Å². The highest BCUT2D eigenvalue weighted by molar-refractivity contribution is 9.13. The van der Waals surface area contributed by atoms with E-state index in [1.165, 1.54) is 0 Å². The molecule has 2 aromatic carbocycles. The zero-order valence-corrected chi connectivity index (χ0v) is 16.0. The number of halogens is 4. The number of benzene rings is 2. The Morgan fingerprint density at radius 3 is 2.37 bits per heavy atom. The Morgan fingerprint density at radius 1 is 0.947 bits per heavy atom. The molecule has 0 aliphatic rings. The second-order valence-corrected chi connectivity index (χ2v) is 7.48. The van der Waals surface area contributed by atoms with Crippen LogP contribution in [0.4, 0.5) is 0 Å². The summed E-state index contributed by atoms with van der Waals surface area (Å²) < 4.78 is 9.47. The second kappa shape index (κ2) is 5.06. The monoisotopic (exact) mass is 509 g/mol. The smallest absolute Gasteiger partial charge is 0.144 e. The van der Waals surface area contributed by atoms with Crippen molar-refractivity contribution in [2.24, 2.45) is 0 Å². The van der Waals surface area contributed by atoms with Crippen LogP contribution in [-0.2, 0) is 0 Å². The number of ether oxygens (including phenoxy) is 1. The van der Waals surface area contributed by atoms with Crippen LogP contribution in [0.3, 0.4) is 0 Å². The molecular formula is C13H7Br4NO. The highest BCUT2D eigenvalue weighted by atomic mass is 79.9. The van der Waals surface area contributed by atoms with Crippen molar-refractivity contribution in [2.75, 3.05) is 7.11 Å². The highest BCUT2D eigenvalue weighted by Gasteiger charge is 2.16. The van der Waals surface area contributed by atoms with Gasteiger partial charge >= 0.3 is 0 Å². The quantitative estimate of drug-likeness (QED) is 0.402. The SMILES string of the molecule is COc1cc(Br)c(Br)c2c1[nH]c1c(Br)cc(Br)cc12. The van der Waals surface area contributed by atoms with E-state index in [0.29, 0.717) is 0 Å². The van der Waals surface area contributed by atoms with E-state index in [9.17, 15) is 0 Å². The van der Waals surface area contributed by atoms with Crippen molar-refractivity contribution in [3.63, 3.8) is 0 Å². The summed E-state index contributed by atoms with van der Waals surface area (Å²) in [6, 6.07) is 6.06. The molecule has 0 bridgehead atoms. The van der Waals surface area contributed by atoms with E-state index in [-0.39, 0.29) is 0 Å². The normalized spacial score (nSPS) is 11.4. The topological polar surface area (TPSA) is 25.0 Å². The van der Waals surface area contributed by atoms with Crippen molar-refractivity contribution < 1.29 is 4.74 Å². The number of aromatic nitrogens is 1. The minimum Gasteiger partial charge on any atom is -0.495 e. The van der Waals surface area contributed by atoms with Crippen molar-refractivity contribution in [3.05, 3.63) is 36.1 Å². The summed E-state index contributed by atoms with van der Waals surface area (Å²) in [5, 5.41) is 2.23. The van der Waals surface area contributed by atoms with Crippen LogP contribution in [0.2, 0.25) is 0 Å². The van der Waals surface area contributed by atoms with E-state index in [1.807, 2.05) is 12.1 Å². The summed E-state index contributed by atoms with van der Waals surface area (Å²) in [4.78, 5) is 3.42. The maximum absolute atomic E-state index is 5.45. The van der Waals surface area contributed by atoms with Gasteiger partial charge in [0.2, 0.25) is 0 Å². The van der Waals surface area contributed by atoms with Gasteiger partial charge in [-0.25, -0.2) is 0 Å². The van der Waals surface area contributed by atoms with Gasteiger partial charge in [0.1, 0.15) is 5.75 Å². The lowest BCUT2D eigenvalue weighted by molar-refractivity contribution is 0.418. The molecule has 1 aromatic heterocycles. The van der Waals surface area contributed by atoms with Crippen LogP contribution in [0.15, 0.2) is 36.1 Å². The fourth-order valence-corrected chi connectivity index (χ4v) is 4.42. The fraction of sp³-hybridized carbons (Fsp3) is 0.0769. The van der Waals surface area contributed by atoms with E-state index < -0.39 is 0 Å². The first-order valence-corrected chi connectivity index (χ1v) is 8.52. The third-order valence-electron chi connectivity index (χ3n) is 2.98. The summed E-state index contributed by atoms with van der Waals surface area (Å²) >= 11 is 14.3. The van der Waals surface area contributed by atoms with Crippen molar-refractivity contribution in [1.29, 1.82) is 0 Å². The number of hydrogen-bond acceptors (Lipinski definition) is 1. The van der Waals surface area contributed by atoms with Gasteiger partial charge in [0, 0.05) is 28.7 Å². The first-order valence-electron chi connectivity index (χ1n) is 5.35. The molecular weight excluding hydrogens is 506 g/mol. The average molecular weight is 513 g/mol. The molecule has 0 unspecified atom stereocenters. The standard InChI is InChI=1S/C13H7Br4NO/c1-19-9-4-7(15)11(17)10-6-2-5(14)3-8(16)12(6)18-13(9)10/h2-4,18H,1H3. The zero-order chi connectivity index (χ0) is 13.7. The Morgan fingerprint density at radius 2 is 1.68 bits per heavy atom. The third kappa shape index (κ3) is 2.17. The van der Waals surface area contributed by atoms with Gasteiger partial charge in [-0.1, -0.05) is 15.9 Å². The third-order valence-corrected chi connectivity index (χ3v) is 6.04. The Balaban J connectivity index is 2.61. The molecule has 0 amide bonds. The lowest BCUT2D eigenvalue weighted by Gasteiger charge is -2.05. The van der Waals surface area contributed by atoms with E-state index >= 15 is 0 Å². The van der Waals surface area contributed by atoms with Crippen molar-refractivity contribution in [2.45, 2.75) is 0 Å². The molecule has 0 aliphatic heterocycles. The molecule has 0 saturated carbocycles. The number of hydrogen-bond donors (Lipinski definition) is 1. The maximum atomic E-state index is 5.45. The van der Waals surface area contributed by atoms with E-state index in [4.69, 9.17) is 4.74 Å². The minimum atomic E-state index is 0.810. The fourth-order valence-electron chi connectivity index (χ4n) is 2.16. The first kappa shape index (κ1) is 13.9. The van der Waals surface area contributed by atoms with Crippen LogP contribution < -0.4 is 4.74 Å². The summed E-state index contributed by atoms with van der Waals surface area (Å²) in [7, 11) is 1.67. The summed E-state index contributed by atoms with van der Waals surface area (Å²) in [5.74, 6) is 0.810. The molecule has 0 aliphatic carbocycles. The van der Waals surface area contributed by atoms with Gasteiger partial charge in [0.25, 0.3) is 0 Å². The molecule has 0 spiro atoms. The molecule has 0 fully saturated rings. The largest absolute Gasteiger partial charge is 0.495 e. The summed E-state index contributed by atoms with van der Waals surface area (Å²) in [5.41, 5.74) is 2.03. The van der Waals surface area contributed by atoms with Gasteiger partial charge in [-0.05, 0) is 66.0 Å². The minimum absolute atomic E-state index is 0.810. The number of rotatable bonds is 1. The number of H-pyrrole nitrogens is 1. The van der Waals surface area contributed by atoms with Crippen LogP contribution in [0.5, 0.6) is 5.75 Å². The van der Waals surface area contributed by atoms with E-state index in [0.717, 1.165) is 45.4 Å². The van der Waals surface area contributed by atoms with Crippen LogP contribution in [0.1, 0.15) is 0 Å². The second-order valence-electron chi connectivity index (χ2n) is 4.06. The molecule has 6 heteroatoms. The number of fused-ring (bicyclic) bond motifs is 3. The molecule has 1 heterocycles. The first-order chi connectivity index (χ1) is 9.02. The zero-order valence-electron chi connectivity index (χ0n) is 9.65. The molecule has 0 radical (unpaired) electrons. The van der Waals surface area contributed by atoms with Gasteiger partial charge in [-0.3, -0.25) is 0 Å². The molecule has 19 heavy (non-hydrogen) atoms. The average Bonchev–Trinajstić information content (AvgIpc) is 2.73. The molecule has 0 saturated heterocycles.